The zero-order valence-electron chi connectivity index (χ0n) is 17.6. The summed E-state index contributed by atoms with van der Waals surface area (Å²) in [7, 11) is 1.24. The Morgan fingerprint density at radius 1 is 1.13 bits per heavy atom. The van der Waals surface area contributed by atoms with Crippen molar-refractivity contribution in [1.82, 2.24) is 14.9 Å². The molecule has 168 valence electrons. The summed E-state index contributed by atoms with van der Waals surface area (Å²) in [6, 6.07) is 16.8. The highest BCUT2D eigenvalue weighted by Gasteiger charge is 2.16. The fourth-order valence-electron chi connectivity index (χ4n) is 2.86. The van der Waals surface area contributed by atoms with Gasteiger partial charge in [-0.05, 0) is 35.2 Å². The lowest BCUT2D eigenvalue weighted by Gasteiger charge is -2.15. The van der Waals surface area contributed by atoms with Gasteiger partial charge in [0.25, 0.3) is 0 Å². The number of nitrogens with one attached hydrogen (secondary N) is 2. The maximum absolute atomic E-state index is 12.1. The van der Waals surface area contributed by atoms with E-state index in [4.69, 9.17) is 0 Å². The first-order valence-electron chi connectivity index (χ1n) is 9.44. The molecule has 3 rings (SSSR count). The minimum Gasteiger partial charge on any atom is -0.386 e. The molecule has 1 heterocycles. The fourth-order valence-corrected chi connectivity index (χ4v) is 4.81. The number of sulfonamides is 1. The molecule has 0 saturated heterocycles. The van der Waals surface area contributed by atoms with Gasteiger partial charge in [-0.3, -0.25) is 4.99 Å². The van der Waals surface area contributed by atoms with Gasteiger partial charge in [0.05, 0.1) is 4.90 Å². The molecule has 0 amide bonds. The molecule has 7 nitrogen and oxygen atoms in total. The number of rotatable bonds is 7. The van der Waals surface area contributed by atoms with Crippen molar-refractivity contribution in [3.8, 4) is 0 Å². The molecule has 2 aromatic carbocycles. The average Bonchev–Trinajstić information content (AvgIpc) is 3.18. The second-order valence-corrected chi connectivity index (χ2v) is 10.2. The van der Waals surface area contributed by atoms with Gasteiger partial charge >= 0.3 is 0 Å². The maximum atomic E-state index is 12.1. The highest BCUT2D eigenvalue weighted by Crippen LogP contribution is 2.29. The first-order valence-corrected chi connectivity index (χ1v) is 11.7. The number of guanidine groups is 1. The van der Waals surface area contributed by atoms with E-state index in [2.05, 4.69) is 15.6 Å². The monoisotopic (exact) mass is 574 g/mol. The van der Waals surface area contributed by atoms with Crippen molar-refractivity contribution < 1.29 is 13.5 Å². The molecular formula is C21H27IN4O3S2. The van der Waals surface area contributed by atoms with Gasteiger partial charge in [0.1, 0.15) is 6.10 Å². The molecule has 0 radical (unpaired) electrons. The van der Waals surface area contributed by atoms with Crippen molar-refractivity contribution in [1.29, 1.82) is 0 Å². The molecule has 3 aromatic rings. The number of aliphatic imine (C=N–C) groups is 1. The van der Waals surface area contributed by atoms with Gasteiger partial charge in [-0.1, -0.05) is 30.3 Å². The van der Waals surface area contributed by atoms with Crippen LogP contribution in [0.25, 0.3) is 10.1 Å². The Hall–Kier alpha value is -1.73. The van der Waals surface area contributed by atoms with Crippen molar-refractivity contribution in [2.75, 3.05) is 27.7 Å². The second-order valence-electron chi connectivity index (χ2n) is 6.94. The zero-order chi connectivity index (χ0) is 21.7. The normalized spacial score (nSPS) is 13.1. The van der Waals surface area contributed by atoms with Crippen molar-refractivity contribution in [3.63, 3.8) is 0 Å². The molecule has 0 bridgehead atoms. The summed E-state index contributed by atoms with van der Waals surface area (Å²) >= 11 is 1.58. The standard InChI is InChI=1S/C21H26N4O3S2.HI/c1-22-21(23-13-15-8-10-17(11-9-15)30(27,28)25(2)3)24-14-18(26)20-12-16-6-4-5-7-19(16)29-20;/h4-12,18,26H,13-14H2,1-3H3,(H2,22,23,24);1H. The summed E-state index contributed by atoms with van der Waals surface area (Å²) in [4.78, 5) is 5.33. The minimum absolute atomic E-state index is 0. The largest absolute Gasteiger partial charge is 0.386 e. The van der Waals surface area contributed by atoms with Crippen molar-refractivity contribution in [3.05, 3.63) is 65.0 Å². The number of benzene rings is 2. The molecule has 0 aliphatic carbocycles. The van der Waals surface area contributed by atoms with Crippen LogP contribution >= 0.6 is 35.3 Å². The second kappa shape index (κ2) is 11.2. The van der Waals surface area contributed by atoms with Gasteiger partial charge in [0, 0.05) is 43.8 Å². The van der Waals surface area contributed by atoms with E-state index in [-0.39, 0.29) is 28.9 Å². The first kappa shape index (κ1) is 25.5. The summed E-state index contributed by atoms with van der Waals surface area (Å²) < 4.78 is 26.6. The SMILES string of the molecule is CN=C(NCc1ccc(S(=O)(=O)N(C)C)cc1)NCC(O)c1cc2ccccc2s1.I. The maximum Gasteiger partial charge on any atom is 0.242 e. The molecule has 0 fully saturated rings. The lowest BCUT2D eigenvalue weighted by atomic mass is 10.2. The van der Waals surface area contributed by atoms with E-state index in [0.717, 1.165) is 20.5 Å². The summed E-state index contributed by atoms with van der Waals surface area (Å²) in [6.45, 7) is 0.799. The number of hydrogen-bond acceptors (Lipinski definition) is 5. The lowest BCUT2D eigenvalue weighted by Crippen LogP contribution is -2.38. The van der Waals surface area contributed by atoms with Crippen LogP contribution in [0, 0.1) is 0 Å². The number of hydrogen-bond donors (Lipinski definition) is 3. The summed E-state index contributed by atoms with van der Waals surface area (Å²) in [5.41, 5.74) is 0.917. The van der Waals surface area contributed by atoms with Crippen LogP contribution in [0.4, 0.5) is 0 Å². The molecule has 10 heteroatoms. The van der Waals surface area contributed by atoms with Gasteiger partial charge < -0.3 is 15.7 Å². The minimum atomic E-state index is -3.43. The first-order chi connectivity index (χ1) is 14.3. The number of aliphatic hydroxyl groups excluding tert-OH is 1. The van der Waals surface area contributed by atoms with E-state index in [1.807, 2.05) is 30.3 Å². The van der Waals surface area contributed by atoms with Crippen LogP contribution in [0.5, 0.6) is 0 Å². The van der Waals surface area contributed by atoms with Crippen LogP contribution in [-0.2, 0) is 16.6 Å². The van der Waals surface area contributed by atoms with E-state index >= 15 is 0 Å². The summed E-state index contributed by atoms with van der Waals surface area (Å²) in [5.74, 6) is 0.556. The Bertz CT molecular complexity index is 1100. The Morgan fingerprint density at radius 2 is 1.81 bits per heavy atom. The van der Waals surface area contributed by atoms with Crippen LogP contribution in [-0.4, -0.2) is 51.5 Å². The number of nitrogens with zero attached hydrogens (tertiary/aromatic N) is 2. The van der Waals surface area contributed by atoms with Gasteiger partial charge in [-0.2, -0.15) is 0 Å². The number of aliphatic hydroxyl groups is 1. The Kier molecular flexibility index (Phi) is 9.25. The van der Waals surface area contributed by atoms with Gasteiger partial charge in [-0.25, -0.2) is 12.7 Å². The van der Waals surface area contributed by atoms with E-state index in [1.165, 1.54) is 18.4 Å². The number of halogens is 1. The Labute approximate surface area is 204 Å². The smallest absolute Gasteiger partial charge is 0.242 e. The lowest BCUT2D eigenvalue weighted by molar-refractivity contribution is 0.184. The highest BCUT2D eigenvalue weighted by molar-refractivity contribution is 14.0. The molecule has 31 heavy (non-hydrogen) atoms. The van der Waals surface area contributed by atoms with Crippen LogP contribution in [0.2, 0.25) is 0 Å². The molecule has 0 saturated carbocycles. The van der Waals surface area contributed by atoms with E-state index < -0.39 is 16.1 Å². The molecule has 1 atom stereocenters. The molecule has 3 N–H and O–H groups in total. The zero-order valence-corrected chi connectivity index (χ0v) is 21.5. The van der Waals surface area contributed by atoms with Crippen LogP contribution in [0.15, 0.2) is 64.5 Å². The third-order valence-electron chi connectivity index (χ3n) is 4.62. The van der Waals surface area contributed by atoms with Gasteiger partial charge in [-0.15, -0.1) is 35.3 Å². The number of thiophene rings is 1. The van der Waals surface area contributed by atoms with E-state index in [1.54, 1.807) is 42.6 Å². The third-order valence-corrected chi connectivity index (χ3v) is 7.67. The van der Waals surface area contributed by atoms with Crippen LogP contribution in [0.3, 0.4) is 0 Å². The number of fused-ring (bicyclic) bond motifs is 1. The van der Waals surface area contributed by atoms with Crippen molar-refractivity contribution in [2.24, 2.45) is 4.99 Å². The highest BCUT2D eigenvalue weighted by atomic mass is 127. The quantitative estimate of drug-likeness (QED) is 0.229. The van der Waals surface area contributed by atoms with E-state index in [0.29, 0.717) is 19.0 Å². The van der Waals surface area contributed by atoms with Gasteiger partial charge in [0.15, 0.2) is 5.96 Å². The van der Waals surface area contributed by atoms with Crippen LogP contribution in [0.1, 0.15) is 16.5 Å². The predicted molar refractivity (Wildman–Crippen MR) is 138 cm³/mol. The average molecular weight is 575 g/mol. The topological polar surface area (TPSA) is 94.0 Å². The Morgan fingerprint density at radius 3 is 2.42 bits per heavy atom. The molecule has 0 spiro atoms. The molecule has 0 aliphatic rings. The van der Waals surface area contributed by atoms with Crippen molar-refractivity contribution >= 4 is 61.4 Å². The van der Waals surface area contributed by atoms with E-state index in [9.17, 15) is 13.5 Å². The molecule has 1 unspecified atom stereocenters. The summed E-state index contributed by atoms with van der Waals surface area (Å²) in [6.07, 6.45) is -0.642. The predicted octanol–water partition coefficient (Wildman–Crippen LogP) is 3.17. The van der Waals surface area contributed by atoms with Gasteiger partial charge in [0.2, 0.25) is 10.0 Å². The molecule has 0 aliphatic heterocycles. The van der Waals surface area contributed by atoms with Crippen LogP contribution < -0.4 is 10.6 Å². The third kappa shape index (κ3) is 6.39. The van der Waals surface area contributed by atoms with Crippen molar-refractivity contribution in [2.45, 2.75) is 17.5 Å². The molecular weight excluding hydrogens is 547 g/mol. The molecule has 1 aromatic heterocycles. The fraction of sp³-hybridized carbons (Fsp3) is 0.286. The summed E-state index contributed by atoms with van der Waals surface area (Å²) in [5, 5.41) is 17.9. The Balaban J connectivity index is 0.00000341.